The highest BCUT2D eigenvalue weighted by Crippen LogP contribution is 2.24. The Balaban J connectivity index is 2.10. The lowest BCUT2D eigenvalue weighted by molar-refractivity contribution is -0.00522. The van der Waals surface area contributed by atoms with Crippen LogP contribution in [-0.2, 0) is 4.74 Å². The second kappa shape index (κ2) is 3.74. The summed E-state index contributed by atoms with van der Waals surface area (Å²) >= 11 is 1.59. The van der Waals surface area contributed by atoms with Gasteiger partial charge in [-0.25, -0.2) is 4.98 Å². The van der Waals surface area contributed by atoms with Crippen LogP contribution in [0.25, 0.3) is 0 Å². The number of thiazole rings is 1. The molecule has 78 valence electrons. The third-order valence-electron chi connectivity index (χ3n) is 2.20. The molecule has 1 saturated heterocycles. The number of hydrogen-bond acceptors (Lipinski definition) is 5. The van der Waals surface area contributed by atoms with Crippen LogP contribution in [0.2, 0.25) is 0 Å². The Morgan fingerprint density at radius 3 is 2.64 bits per heavy atom. The van der Waals surface area contributed by atoms with Crippen LogP contribution in [-0.4, -0.2) is 30.3 Å². The molecule has 2 atom stereocenters. The molecule has 0 amide bonds. The molecule has 5 heteroatoms. The fourth-order valence-electron chi connectivity index (χ4n) is 1.76. The molecule has 0 radical (unpaired) electrons. The zero-order valence-electron chi connectivity index (χ0n) is 8.43. The average molecular weight is 213 g/mol. The maximum atomic E-state index is 5.65. The van der Waals surface area contributed by atoms with E-state index >= 15 is 0 Å². The van der Waals surface area contributed by atoms with Crippen molar-refractivity contribution in [2.24, 2.45) is 0 Å². The zero-order valence-corrected chi connectivity index (χ0v) is 9.25. The maximum Gasteiger partial charge on any atom is 0.187 e. The summed E-state index contributed by atoms with van der Waals surface area (Å²) in [7, 11) is 0. The summed E-state index contributed by atoms with van der Waals surface area (Å²) in [4.78, 5) is 6.51. The number of ether oxygens (including phenoxy) is 1. The molecule has 0 aliphatic carbocycles. The number of nitrogens with two attached hydrogens (primary N) is 1. The Morgan fingerprint density at radius 2 is 2.14 bits per heavy atom. The number of rotatable bonds is 1. The Morgan fingerprint density at radius 1 is 1.50 bits per heavy atom. The number of morpholine rings is 1. The van der Waals surface area contributed by atoms with E-state index in [1.807, 2.05) is 5.38 Å². The topological polar surface area (TPSA) is 51.4 Å². The molecule has 1 fully saturated rings. The van der Waals surface area contributed by atoms with E-state index in [9.17, 15) is 0 Å². The van der Waals surface area contributed by atoms with Gasteiger partial charge in [-0.1, -0.05) is 0 Å². The minimum atomic E-state index is 0.267. The molecule has 1 aliphatic heterocycles. The second-order valence-electron chi connectivity index (χ2n) is 3.72. The predicted octanol–water partition coefficient (Wildman–Crippen LogP) is 1.34. The predicted molar refractivity (Wildman–Crippen MR) is 58.7 cm³/mol. The van der Waals surface area contributed by atoms with Gasteiger partial charge in [0.2, 0.25) is 0 Å². The molecule has 0 aromatic carbocycles. The van der Waals surface area contributed by atoms with Crippen molar-refractivity contribution < 1.29 is 4.74 Å². The van der Waals surface area contributed by atoms with Crippen molar-refractivity contribution in [3.05, 3.63) is 5.38 Å². The first-order valence-electron chi connectivity index (χ1n) is 4.76. The molecule has 1 aromatic rings. The second-order valence-corrected chi connectivity index (χ2v) is 4.55. The van der Waals surface area contributed by atoms with E-state index in [0.29, 0.717) is 5.82 Å². The van der Waals surface area contributed by atoms with Crippen LogP contribution >= 0.6 is 11.3 Å². The summed E-state index contributed by atoms with van der Waals surface area (Å²) in [5.41, 5.74) is 5.60. The molecule has 0 unspecified atom stereocenters. The van der Waals surface area contributed by atoms with Crippen molar-refractivity contribution in [1.82, 2.24) is 4.98 Å². The van der Waals surface area contributed by atoms with E-state index in [-0.39, 0.29) is 12.2 Å². The van der Waals surface area contributed by atoms with E-state index in [0.717, 1.165) is 18.2 Å². The summed E-state index contributed by atoms with van der Waals surface area (Å²) < 4.78 is 5.65. The molecular formula is C9H15N3OS. The van der Waals surface area contributed by atoms with Crippen LogP contribution in [0.5, 0.6) is 0 Å². The van der Waals surface area contributed by atoms with Crippen molar-refractivity contribution in [3.63, 3.8) is 0 Å². The lowest BCUT2D eigenvalue weighted by atomic mass is 10.2. The Hall–Kier alpha value is -0.810. The largest absolute Gasteiger partial charge is 0.383 e. The lowest BCUT2D eigenvalue weighted by Crippen LogP contribution is -2.45. The standard InChI is InChI=1S/C9H15N3OS/c1-6-3-12(4-7(2)13-6)9-11-8(10)5-14-9/h5-7H,3-4,10H2,1-2H3/t6-,7+. The molecule has 0 saturated carbocycles. The molecule has 2 N–H and O–H groups in total. The first kappa shape index (κ1) is 9.73. The van der Waals surface area contributed by atoms with Crippen molar-refractivity contribution in [3.8, 4) is 0 Å². The van der Waals surface area contributed by atoms with Gasteiger partial charge in [0.05, 0.1) is 12.2 Å². The highest BCUT2D eigenvalue weighted by atomic mass is 32.1. The number of aromatic nitrogens is 1. The van der Waals surface area contributed by atoms with Gasteiger partial charge in [0.25, 0.3) is 0 Å². The smallest absolute Gasteiger partial charge is 0.187 e. The van der Waals surface area contributed by atoms with Crippen LogP contribution < -0.4 is 10.6 Å². The molecule has 1 aliphatic rings. The molecule has 2 rings (SSSR count). The zero-order chi connectivity index (χ0) is 10.1. The molecule has 0 bridgehead atoms. The van der Waals surface area contributed by atoms with Gasteiger partial charge >= 0.3 is 0 Å². The van der Waals surface area contributed by atoms with E-state index < -0.39 is 0 Å². The highest BCUT2D eigenvalue weighted by molar-refractivity contribution is 7.14. The van der Waals surface area contributed by atoms with Crippen LogP contribution in [0.1, 0.15) is 13.8 Å². The summed E-state index contributed by atoms with van der Waals surface area (Å²) in [6, 6.07) is 0. The quantitative estimate of drug-likeness (QED) is 0.765. The maximum absolute atomic E-state index is 5.65. The summed E-state index contributed by atoms with van der Waals surface area (Å²) in [6.07, 6.45) is 0.535. The van der Waals surface area contributed by atoms with Gasteiger partial charge in [0, 0.05) is 18.5 Å². The highest BCUT2D eigenvalue weighted by Gasteiger charge is 2.23. The van der Waals surface area contributed by atoms with E-state index in [1.54, 1.807) is 11.3 Å². The van der Waals surface area contributed by atoms with Crippen molar-refractivity contribution in [2.75, 3.05) is 23.7 Å². The van der Waals surface area contributed by atoms with Crippen LogP contribution in [0, 0.1) is 0 Å². The molecule has 4 nitrogen and oxygen atoms in total. The molecule has 14 heavy (non-hydrogen) atoms. The Labute approximate surface area is 87.7 Å². The Kier molecular flexibility index (Phi) is 2.60. The number of nitrogen functional groups attached to an aromatic ring is 1. The number of anilines is 2. The molecule has 1 aromatic heterocycles. The minimum Gasteiger partial charge on any atom is -0.383 e. The average Bonchev–Trinajstić information content (AvgIpc) is 2.50. The van der Waals surface area contributed by atoms with Gasteiger partial charge in [-0.05, 0) is 13.8 Å². The van der Waals surface area contributed by atoms with Crippen LogP contribution in [0.15, 0.2) is 5.38 Å². The first-order chi connectivity index (χ1) is 6.65. The summed E-state index contributed by atoms with van der Waals surface area (Å²) in [5, 5.41) is 2.88. The number of nitrogens with zero attached hydrogens (tertiary/aromatic N) is 2. The SMILES string of the molecule is C[C@@H]1CN(c2nc(N)cs2)C[C@H](C)O1. The first-order valence-corrected chi connectivity index (χ1v) is 5.64. The van der Waals surface area contributed by atoms with Gasteiger partial charge in [0.1, 0.15) is 5.82 Å². The molecule has 0 spiro atoms. The monoisotopic (exact) mass is 213 g/mol. The normalized spacial score (nSPS) is 28.0. The fraction of sp³-hybridized carbons (Fsp3) is 0.667. The third kappa shape index (κ3) is 1.99. The van der Waals surface area contributed by atoms with Gasteiger partial charge < -0.3 is 15.4 Å². The van der Waals surface area contributed by atoms with E-state index in [2.05, 4.69) is 23.7 Å². The Bertz CT molecular complexity index is 305. The summed E-state index contributed by atoms with van der Waals surface area (Å²) in [5.74, 6) is 0.608. The molecular weight excluding hydrogens is 198 g/mol. The van der Waals surface area contributed by atoms with Crippen molar-refractivity contribution >= 4 is 22.3 Å². The van der Waals surface area contributed by atoms with Crippen LogP contribution in [0.3, 0.4) is 0 Å². The van der Waals surface area contributed by atoms with E-state index in [1.165, 1.54) is 0 Å². The lowest BCUT2D eigenvalue weighted by Gasteiger charge is -2.35. The number of hydrogen-bond donors (Lipinski definition) is 1. The summed E-state index contributed by atoms with van der Waals surface area (Å²) in [6.45, 7) is 5.97. The van der Waals surface area contributed by atoms with Gasteiger partial charge in [-0.2, -0.15) is 0 Å². The molecule has 2 heterocycles. The minimum absolute atomic E-state index is 0.267. The third-order valence-corrected chi connectivity index (χ3v) is 3.12. The van der Waals surface area contributed by atoms with Crippen LogP contribution in [0.4, 0.5) is 10.9 Å². The van der Waals surface area contributed by atoms with Crippen molar-refractivity contribution in [2.45, 2.75) is 26.1 Å². The van der Waals surface area contributed by atoms with Gasteiger partial charge in [-0.3, -0.25) is 0 Å². The fourth-order valence-corrected chi connectivity index (χ4v) is 2.49. The van der Waals surface area contributed by atoms with Crippen molar-refractivity contribution in [1.29, 1.82) is 0 Å². The van der Waals surface area contributed by atoms with E-state index in [4.69, 9.17) is 10.5 Å². The van der Waals surface area contributed by atoms with Gasteiger partial charge in [0.15, 0.2) is 5.13 Å². The van der Waals surface area contributed by atoms with Gasteiger partial charge in [-0.15, -0.1) is 11.3 Å².